The molecule has 0 heterocycles. The molecule has 1 aliphatic carbocycles. The molecule has 2 rings (SSSR count). The summed E-state index contributed by atoms with van der Waals surface area (Å²) in [6.07, 6.45) is 1.67. The Labute approximate surface area is 131 Å². The predicted molar refractivity (Wildman–Crippen MR) is 79.2 cm³/mol. The maximum atomic E-state index is 14.3. The molecule has 0 aliphatic heterocycles. The summed E-state index contributed by atoms with van der Waals surface area (Å²) >= 11 is 3.26. The molecule has 1 atom stereocenters. The summed E-state index contributed by atoms with van der Waals surface area (Å²) in [6.45, 7) is 1.98. The van der Waals surface area contributed by atoms with E-state index in [0.29, 0.717) is 11.1 Å². The van der Waals surface area contributed by atoms with Crippen molar-refractivity contribution in [2.45, 2.75) is 30.2 Å². The van der Waals surface area contributed by atoms with Gasteiger partial charge in [0.05, 0.1) is 19.3 Å². The van der Waals surface area contributed by atoms with Crippen molar-refractivity contribution in [2.24, 2.45) is 0 Å². The van der Waals surface area contributed by atoms with Crippen molar-refractivity contribution in [2.75, 3.05) is 20.8 Å². The molecule has 0 N–H and O–H groups in total. The first-order valence-electron chi connectivity index (χ1n) is 6.73. The van der Waals surface area contributed by atoms with Gasteiger partial charge in [0.2, 0.25) is 0 Å². The summed E-state index contributed by atoms with van der Waals surface area (Å²) < 4.78 is 29.8. The predicted octanol–water partition coefficient (Wildman–Crippen LogP) is 3.47. The number of hydrogen-bond donors (Lipinski definition) is 0. The number of carbonyl (C=O) groups is 1. The average molecular weight is 361 g/mol. The second kappa shape index (κ2) is 6.32. The van der Waals surface area contributed by atoms with Gasteiger partial charge in [-0.2, -0.15) is 0 Å². The lowest BCUT2D eigenvalue weighted by molar-refractivity contribution is -0.142. The van der Waals surface area contributed by atoms with Crippen molar-refractivity contribution in [1.29, 1.82) is 0 Å². The molecule has 0 spiro atoms. The normalized spacial score (nSPS) is 17.2. The largest absolute Gasteiger partial charge is 0.493 e. The van der Waals surface area contributed by atoms with E-state index >= 15 is 0 Å². The van der Waals surface area contributed by atoms with E-state index in [2.05, 4.69) is 15.9 Å². The number of carbonyl (C=O) groups excluding carboxylic acids is 1. The third-order valence-electron chi connectivity index (χ3n) is 3.66. The molecule has 0 radical (unpaired) electrons. The lowest BCUT2D eigenvalue weighted by Gasteiger charge is -2.19. The van der Waals surface area contributed by atoms with Crippen LogP contribution in [0.4, 0.5) is 4.39 Å². The molecule has 1 fully saturated rings. The molecule has 0 amide bonds. The van der Waals surface area contributed by atoms with Crippen molar-refractivity contribution >= 4 is 21.9 Å². The van der Waals surface area contributed by atoms with E-state index in [1.54, 1.807) is 20.1 Å². The van der Waals surface area contributed by atoms with E-state index in [0.717, 1.165) is 12.8 Å². The van der Waals surface area contributed by atoms with Crippen molar-refractivity contribution in [3.8, 4) is 5.75 Å². The van der Waals surface area contributed by atoms with E-state index in [-0.39, 0.29) is 12.4 Å². The quantitative estimate of drug-likeness (QED) is 0.575. The van der Waals surface area contributed by atoms with Crippen molar-refractivity contribution < 1.29 is 23.4 Å². The second-order valence-electron chi connectivity index (χ2n) is 4.89. The van der Waals surface area contributed by atoms with Crippen LogP contribution < -0.4 is 4.74 Å². The first-order valence-corrected chi connectivity index (χ1v) is 7.64. The highest BCUT2D eigenvalue weighted by molar-refractivity contribution is 9.09. The van der Waals surface area contributed by atoms with Crippen LogP contribution in [0.3, 0.4) is 0 Å². The van der Waals surface area contributed by atoms with Gasteiger partial charge in [0, 0.05) is 12.7 Å². The average Bonchev–Trinajstić information content (AvgIpc) is 3.27. The molecule has 1 unspecified atom stereocenters. The summed E-state index contributed by atoms with van der Waals surface area (Å²) in [4.78, 5) is 11.1. The highest BCUT2D eigenvalue weighted by Crippen LogP contribution is 2.50. The van der Waals surface area contributed by atoms with Crippen LogP contribution in [0, 0.1) is 5.82 Å². The zero-order valence-corrected chi connectivity index (χ0v) is 13.8. The van der Waals surface area contributed by atoms with E-state index in [1.807, 2.05) is 0 Å². The fraction of sp³-hybridized carbons (Fsp3) is 0.533. The Morgan fingerprint density at radius 3 is 2.57 bits per heavy atom. The zero-order valence-electron chi connectivity index (χ0n) is 12.2. The van der Waals surface area contributed by atoms with Crippen LogP contribution in [-0.4, -0.2) is 26.8 Å². The molecule has 1 aromatic carbocycles. The van der Waals surface area contributed by atoms with E-state index < -0.39 is 22.2 Å². The minimum atomic E-state index is -0.783. The number of ether oxygens (including phenoxy) is 3. The first-order chi connectivity index (χ1) is 9.99. The molecule has 4 nitrogen and oxygen atoms in total. The molecule has 0 bridgehead atoms. The maximum Gasteiger partial charge on any atom is 0.324 e. The van der Waals surface area contributed by atoms with Crippen molar-refractivity contribution in [3.63, 3.8) is 0 Å². The van der Waals surface area contributed by atoms with Gasteiger partial charge in [-0.25, -0.2) is 4.39 Å². The standard InChI is InChI=1S/C15H18BrFO4/c1-4-21-14(18)12(16)10-7-9(15(20-3)5-6-15)8-11(17)13(10)19-2/h7-8,12H,4-6H2,1-3H3. The Morgan fingerprint density at radius 1 is 1.43 bits per heavy atom. The summed E-state index contributed by atoms with van der Waals surface area (Å²) in [7, 11) is 2.97. The van der Waals surface area contributed by atoms with Gasteiger partial charge in [0.15, 0.2) is 11.6 Å². The smallest absolute Gasteiger partial charge is 0.324 e. The molecule has 1 aromatic rings. The van der Waals surface area contributed by atoms with E-state index in [1.165, 1.54) is 13.2 Å². The topological polar surface area (TPSA) is 44.8 Å². The van der Waals surface area contributed by atoms with Crippen LogP contribution in [0.15, 0.2) is 12.1 Å². The van der Waals surface area contributed by atoms with Crippen LogP contribution in [0.2, 0.25) is 0 Å². The van der Waals surface area contributed by atoms with Gasteiger partial charge < -0.3 is 14.2 Å². The molecule has 0 aromatic heterocycles. The molecular weight excluding hydrogens is 343 g/mol. The lowest BCUT2D eigenvalue weighted by atomic mass is 10.0. The minimum Gasteiger partial charge on any atom is -0.493 e. The van der Waals surface area contributed by atoms with Gasteiger partial charge in [-0.1, -0.05) is 15.9 Å². The van der Waals surface area contributed by atoms with Gasteiger partial charge in [-0.15, -0.1) is 0 Å². The van der Waals surface area contributed by atoms with Gasteiger partial charge >= 0.3 is 5.97 Å². The fourth-order valence-electron chi connectivity index (χ4n) is 2.35. The summed E-state index contributed by atoms with van der Waals surface area (Å²) in [5.74, 6) is -0.947. The number of esters is 1. The number of halogens is 2. The number of hydrogen-bond acceptors (Lipinski definition) is 4. The SMILES string of the molecule is CCOC(=O)C(Br)c1cc(C2(OC)CC2)cc(F)c1OC. The molecule has 21 heavy (non-hydrogen) atoms. The molecular formula is C15H18BrFO4. The van der Waals surface area contributed by atoms with Crippen LogP contribution in [-0.2, 0) is 19.9 Å². The van der Waals surface area contributed by atoms with Crippen LogP contribution >= 0.6 is 15.9 Å². The Hall–Kier alpha value is -1.14. The summed E-state index contributed by atoms with van der Waals surface area (Å²) in [5, 5.41) is 0. The van der Waals surface area contributed by atoms with E-state index in [4.69, 9.17) is 14.2 Å². The molecule has 1 saturated carbocycles. The zero-order chi connectivity index (χ0) is 15.6. The summed E-state index contributed by atoms with van der Waals surface area (Å²) in [5.41, 5.74) is 0.685. The third-order valence-corrected chi connectivity index (χ3v) is 4.53. The van der Waals surface area contributed by atoms with Crippen LogP contribution in [0.5, 0.6) is 5.75 Å². The Morgan fingerprint density at radius 2 is 2.10 bits per heavy atom. The Balaban J connectivity index is 2.45. The van der Waals surface area contributed by atoms with Crippen molar-refractivity contribution in [3.05, 3.63) is 29.1 Å². The number of alkyl halides is 1. The highest BCUT2D eigenvalue weighted by atomic mass is 79.9. The maximum absolute atomic E-state index is 14.3. The van der Waals surface area contributed by atoms with E-state index in [9.17, 15) is 9.18 Å². The number of benzene rings is 1. The number of methoxy groups -OCH3 is 2. The van der Waals surface area contributed by atoms with Crippen LogP contribution in [0.25, 0.3) is 0 Å². The van der Waals surface area contributed by atoms with Crippen LogP contribution in [0.1, 0.15) is 35.7 Å². The van der Waals surface area contributed by atoms with Gasteiger partial charge in [-0.3, -0.25) is 4.79 Å². The minimum absolute atomic E-state index is 0.0422. The van der Waals surface area contributed by atoms with Crippen molar-refractivity contribution in [1.82, 2.24) is 0 Å². The molecule has 116 valence electrons. The third kappa shape index (κ3) is 3.06. The Kier molecular flexibility index (Phi) is 4.88. The monoisotopic (exact) mass is 360 g/mol. The van der Waals surface area contributed by atoms with Gasteiger partial charge in [0.1, 0.15) is 4.83 Å². The second-order valence-corrected chi connectivity index (χ2v) is 5.81. The fourth-order valence-corrected chi connectivity index (χ4v) is 2.82. The Bertz CT molecular complexity index is 543. The molecule has 1 aliphatic rings. The van der Waals surface area contributed by atoms with Gasteiger partial charge in [-0.05, 0) is 37.5 Å². The highest BCUT2D eigenvalue weighted by Gasteiger charge is 2.46. The number of rotatable bonds is 6. The first kappa shape index (κ1) is 16.2. The molecule has 6 heteroatoms. The van der Waals surface area contributed by atoms with Gasteiger partial charge in [0.25, 0.3) is 0 Å². The lowest BCUT2D eigenvalue weighted by Crippen LogP contribution is -2.15. The molecule has 0 saturated heterocycles. The summed E-state index contributed by atoms with van der Waals surface area (Å²) in [6, 6.07) is 3.15.